The van der Waals surface area contributed by atoms with Crippen LogP contribution < -0.4 is 10.6 Å². The summed E-state index contributed by atoms with van der Waals surface area (Å²) < 4.78 is 38.8. The lowest BCUT2D eigenvalue weighted by atomic mass is 10.3. The second-order valence-electron chi connectivity index (χ2n) is 5.62. The molecule has 2 amide bonds. The van der Waals surface area contributed by atoms with Crippen molar-refractivity contribution >= 4 is 21.6 Å². The number of hydrogen-bond acceptors (Lipinski definition) is 4. The SMILES string of the molecule is O=C(NCc1ccncc1)Nc1ccc(S(=O)(=O)c2ccccc2F)cc1. The lowest BCUT2D eigenvalue weighted by Gasteiger charge is -2.09. The summed E-state index contributed by atoms with van der Waals surface area (Å²) in [4.78, 5) is 15.4. The molecule has 0 saturated carbocycles. The number of rotatable bonds is 5. The number of hydrogen-bond donors (Lipinski definition) is 2. The van der Waals surface area contributed by atoms with E-state index >= 15 is 0 Å². The van der Waals surface area contributed by atoms with Gasteiger partial charge in [0.2, 0.25) is 9.84 Å². The maximum Gasteiger partial charge on any atom is 0.319 e. The van der Waals surface area contributed by atoms with Crippen LogP contribution in [0.3, 0.4) is 0 Å². The second-order valence-corrected chi connectivity index (χ2v) is 7.54. The average molecular weight is 385 g/mol. The number of nitrogens with one attached hydrogen (secondary N) is 2. The topological polar surface area (TPSA) is 88.2 Å². The molecule has 27 heavy (non-hydrogen) atoms. The van der Waals surface area contributed by atoms with E-state index in [9.17, 15) is 17.6 Å². The standard InChI is InChI=1S/C19H16FN3O3S/c20-17-3-1-2-4-18(17)27(25,26)16-7-5-15(6-8-16)23-19(24)22-13-14-9-11-21-12-10-14/h1-12H,13H2,(H2,22,23,24). The molecule has 0 unspecified atom stereocenters. The molecule has 0 bridgehead atoms. The van der Waals surface area contributed by atoms with Crippen molar-refractivity contribution in [3.63, 3.8) is 0 Å². The Morgan fingerprint density at radius 1 is 0.963 bits per heavy atom. The van der Waals surface area contributed by atoms with E-state index in [4.69, 9.17) is 0 Å². The summed E-state index contributed by atoms with van der Waals surface area (Å²) in [5.74, 6) is -0.810. The number of sulfone groups is 1. The van der Waals surface area contributed by atoms with Crippen LogP contribution in [-0.4, -0.2) is 19.4 Å². The minimum atomic E-state index is -3.97. The molecule has 0 spiro atoms. The fourth-order valence-corrected chi connectivity index (χ4v) is 3.70. The van der Waals surface area contributed by atoms with Gasteiger partial charge in [-0.2, -0.15) is 0 Å². The van der Waals surface area contributed by atoms with Crippen LogP contribution in [0.5, 0.6) is 0 Å². The third-order valence-corrected chi connectivity index (χ3v) is 5.55. The van der Waals surface area contributed by atoms with E-state index in [2.05, 4.69) is 15.6 Å². The van der Waals surface area contributed by atoms with Gasteiger partial charge in [-0.3, -0.25) is 4.98 Å². The van der Waals surface area contributed by atoms with Crippen molar-refractivity contribution < 1.29 is 17.6 Å². The third kappa shape index (κ3) is 4.48. The van der Waals surface area contributed by atoms with Gasteiger partial charge in [0.25, 0.3) is 0 Å². The normalized spacial score (nSPS) is 11.0. The highest BCUT2D eigenvalue weighted by Gasteiger charge is 2.21. The molecular formula is C19H16FN3O3S. The predicted molar refractivity (Wildman–Crippen MR) is 98.4 cm³/mol. The number of amides is 2. The Kier molecular flexibility index (Phi) is 5.46. The molecule has 0 fully saturated rings. The molecule has 2 aromatic carbocycles. The second kappa shape index (κ2) is 7.96. The van der Waals surface area contributed by atoms with Crippen LogP contribution in [0.15, 0.2) is 82.8 Å². The Bertz CT molecular complexity index is 1040. The van der Waals surface area contributed by atoms with E-state index in [0.29, 0.717) is 12.2 Å². The van der Waals surface area contributed by atoms with Gasteiger partial charge in [0.15, 0.2) is 0 Å². The number of anilines is 1. The molecule has 0 radical (unpaired) electrons. The highest BCUT2D eigenvalue weighted by molar-refractivity contribution is 7.91. The number of halogens is 1. The summed E-state index contributed by atoms with van der Waals surface area (Å²) in [5, 5.41) is 5.29. The van der Waals surface area contributed by atoms with Gasteiger partial charge >= 0.3 is 6.03 Å². The minimum absolute atomic E-state index is 0.0599. The van der Waals surface area contributed by atoms with Gasteiger partial charge in [-0.1, -0.05) is 12.1 Å². The number of carbonyl (C=O) groups is 1. The third-order valence-electron chi connectivity index (χ3n) is 3.75. The maximum absolute atomic E-state index is 13.8. The van der Waals surface area contributed by atoms with E-state index in [1.54, 1.807) is 24.5 Å². The molecule has 0 aliphatic carbocycles. The lowest BCUT2D eigenvalue weighted by molar-refractivity contribution is 0.251. The van der Waals surface area contributed by atoms with E-state index in [1.165, 1.54) is 42.5 Å². The number of pyridine rings is 1. The van der Waals surface area contributed by atoms with Crippen molar-refractivity contribution in [2.45, 2.75) is 16.3 Å². The van der Waals surface area contributed by atoms with Crippen LogP contribution >= 0.6 is 0 Å². The lowest BCUT2D eigenvalue weighted by Crippen LogP contribution is -2.28. The predicted octanol–water partition coefficient (Wildman–Crippen LogP) is 3.38. The molecule has 2 N–H and O–H groups in total. The number of nitrogens with zero attached hydrogens (tertiary/aromatic N) is 1. The summed E-state index contributed by atoms with van der Waals surface area (Å²) in [5.41, 5.74) is 1.31. The van der Waals surface area contributed by atoms with E-state index in [-0.39, 0.29) is 9.79 Å². The minimum Gasteiger partial charge on any atom is -0.334 e. The molecule has 3 rings (SSSR count). The fraction of sp³-hybridized carbons (Fsp3) is 0.0526. The molecule has 0 aliphatic rings. The summed E-state index contributed by atoms with van der Waals surface area (Å²) in [6.07, 6.45) is 3.26. The number of urea groups is 1. The molecule has 0 saturated heterocycles. The Labute approximate surface area is 156 Å². The van der Waals surface area contributed by atoms with E-state index in [1.807, 2.05) is 0 Å². The Morgan fingerprint density at radius 2 is 1.63 bits per heavy atom. The number of benzene rings is 2. The molecule has 0 aliphatic heterocycles. The van der Waals surface area contributed by atoms with Crippen LogP contribution in [-0.2, 0) is 16.4 Å². The van der Waals surface area contributed by atoms with Gasteiger partial charge in [0.1, 0.15) is 10.7 Å². The zero-order chi connectivity index (χ0) is 19.3. The molecule has 138 valence electrons. The van der Waals surface area contributed by atoms with Crippen molar-refractivity contribution in [1.29, 1.82) is 0 Å². The summed E-state index contributed by atoms with van der Waals surface area (Å²) in [7, 11) is -3.97. The van der Waals surface area contributed by atoms with Crippen molar-refractivity contribution in [1.82, 2.24) is 10.3 Å². The highest BCUT2D eigenvalue weighted by atomic mass is 32.2. The average Bonchev–Trinajstić information content (AvgIpc) is 2.68. The van der Waals surface area contributed by atoms with Crippen molar-refractivity contribution in [2.24, 2.45) is 0 Å². The quantitative estimate of drug-likeness (QED) is 0.705. The van der Waals surface area contributed by atoms with Crippen molar-refractivity contribution in [2.75, 3.05) is 5.32 Å². The van der Waals surface area contributed by atoms with E-state index < -0.39 is 21.7 Å². The van der Waals surface area contributed by atoms with Gasteiger partial charge < -0.3 is 10.6 Å². The summed E-state index contributed by atoms with van der Waals surface area (Å²) >= 11 is 0. The Morgan fingerprint density at radius 3 is 2.30 bits per heavy atom. The summed E-state index contributed by atoms with van der Waals surface area (Å²) in [6.45, 7) is 0.327. The van der Waals surface area contributed by atoms with Crippen LogP contribution in [0.4, 0.5) is 14.9 Å². The van der Waals surface area contributed by atoms with Crippen LogP contribution in [0.25, 0.3) is 0 Å². The van der Waals surface area contributed by atoms with Crippen LogP contribution in [0.2, 0.25) is 0 Å². The molecule has 1 aromatic heterocycles. The first-order valence-electron chi connectivity index (χ1n) is 8.00. The number of carbonyl (C=O) groups excluding carboxylic acids is 1. The smallest absolute Gasteiger partial charge is 0.319 e. The van der Waals surface area contributed by atoms with Crippen LogP contribution in [0.1, 0.15) is 5.56 Å². The molecule has 1 heterocycles. The van der Waals surface area contributed by atoms with Gasteiger partial charge in [-0.15, -0.1) is 0 Å². The molecule has 8 heteroatoms. The monoisotopic (exact) mass is 385 g/mol. The number of aromatic nitrogens is 1. The molecule has 3 aromatic rings. The molecule has 0 atom stereocenters. The molecular weight excluding hydrogens is 369 g/mol. The summed E-state index contributed by atoms with van der Waals surface area (Å²) in [6, 6.07) is 13.8. The van der Waals surface area contributed by atoms with Crippen molar-refractivity contribution in [3.05, 3.63) is 84.4 Å². The zero-order valence-corrected chi connectivity index (χ0v) is 14.9. The first-order valence-corrected chi connectivity index (χ1v) is 9.48. The van der Waals surface area contributed by atoms with Gasteiger partial charge in [0.05, 0.1) is 4.90 Å². The van der Waals surface area contributed by atoms with Crippen molar-refractivity contribution in [3.8, 4) is 0 Å². The van der Waals surface area contributed by atoms with Crippen LogP contribution in [0, 0.1) is 5.82 Å². The maximum atomic E-state index is 13.8. The van der Waals surface area contributed by atoms with Gasteiger partial charge in [-0.05, 0) is 54.1 Å². The Balaban J connectivity index is 1.67. The zero-order valence-electron chi connectivity index (χ0n) is 14.1. The molecule has 6 nitrogen and oxygen atoms in total. The Hall–Kier alpha value is -3.26. The fourth-order valence-electron chi connectivity index (χ4n) is 2.37. The van der Waals surface area contributed by atoms with Gasteiger partial charge in [-0.25, -0.2) is 17.6 Å². The first kappa shape index (κ1) is 18.5. The largest absolute Gasteiger partial charge is 0.334 e. The van der Waals surface area contributed by atoms with E-state index in [0.717, 1.165) is 11.6 Å². The van der Waals surface area contributed by atoms with Gasteiger partial charge in [0, 0.05) is 24.6 Å². The first-order chi connectivity index (χ1) is 13.0. The highest BCUT2D eigenvalue weighted by Crippen LogP contribution is 2.24.